The molecule has 1 rings (SSSR count). The largest absolute Gasteiger partial charge is 0.394 e. The molecular weight excluding hydrogens is 228 g/mol. The van der Waals surface area contributed by atoms with Gasteiger partial charge in [-0.25, -0.2) is 0 Å². The molecule has 106 valence electrons. The smallest absolute Gasteiger partial charge is 0.223 e. The molecule has 3 unspecified atom stereocenters. The number of amides is 1. The Hall–Kier alpha value is -0.610. The molecule has 0 aromatic carbocycles. The van der Waals surface area contributed by atoms with Gasteiger partial charge in [-0.3, -0.25) is 4.79 Å². The second kappa shape index (κ2) is 7.10. The Morgan fingerprint density at radius 1 is 1.50 bits per heavy atom. The van der Waals surface area contributed by atoms with E-state index in [1.807, 2.05) is 4.90 Å². The van der Waals surface area contributed by atoms with Crippen LogP contribution in [0.15, 0.2) is 0 Å². The van der Waals surface area contributed by atoms with Gasteiger partial charge in [0.05, 0.1) is 12.6 Å². The van der Waals surface area contributed by atoms with Gasteiger partial charge in [0.1, 0.15) is 0 Å². The average Bonchev–Trinajstić information content (AvgIpc) is 2.68. The van der Waals surface area contributed by atoms with Gasteiger partial charge < -0.3 is 15.7 Å². The third-order valence-corrected chi connectivity index (χ3v) is 3.99. The van der Waals surface area contributed by atoms with E-state index in [1.165, 1.54) is 0 Å². The maximum Gasteiger partial charge on any atom is 0.223 e. The molecule has 3 atom stereocenters. The van der Waals surface area contributed by atoms with Crippen LogP contribution in [0.3, 0.4) is 0 Å². The highest BCUT2D eigenvalue weighted by molar-refractivity contribution is 5.77. The Morgan fingerprint density at radius 3 is 2.67 bits per heavy atom. The molecule has 18 heavy (non-hydrogen) atoms. The van der Waals surface area contributed by atoms with Crippen molar-refractivity contribution in [1.82, 2.24) is 4.90 Å². The fourth-order valence-corrected chi connectivity index (χ4v) is 2.89. The number of likely N-dealkylation sites (tertiary alicyclic amines) is 1. The zero-order valence-corrected chi connectivity index (χ0v) is 11.9. The van der Waals surface area contributed by atoms with Gasteiger partial charge in [-0.05, 0) is 37.1 Å². The molecule has 1 saturated heterocycles. The molecule has 1 amide bonds. The maximum absolute atomic E-state index is 12.3. The van der Waals surface area contributed by atoms with Gasteiger partial charge in [0.15, 0.2) is 0 Å². The van der Waals surface area contributed by atoms with Crippen molar-refractivity contribution in [2.75, 3.05) is 19.7 Å². The van der Waals surface area contributed by atoms with E-state index >= 15 is 0 Å². The monoisotopic (exact) mass is 256 g/mol. The van der Waals surface area contributed by atoms with Crippen molar-refractivity contribution < 1.29 is 9.90 Å². The topological polar surface area (TPSA) is 66.6 Å². The van der Waals surface area contributed by atoms with Crippen LogP contribution in [-0.2, 0) is 4.79 Å². The first-order valence-electron chi connectivity index (χ1n) is 7.10. The molecule has 0 aromatic rings. The lowest BCUT2D eigenvalue weighted by atomic mass is 9.93. The number of carbonyl (C=O) groups is 1. The number of hydrogen-bond donors (Lipinski definition) is 2. The summed E-state index contributed by atoms with van der Waals surface area (Å²) in [5.74, 6) is 1.40. The van der Waals surface area contributed by atoms with Crippen LogP contribution >= 0.6 is 0 Å². The van der Waals surface area contributed by atoms with E-state index in [0.29, 0.717) is 24.8 Å². The first kappa shape index (κ1) is 15.4. The van der Waals surface area contributed by atoms with E-state index in [1.54, 1.807) is 0 Å². The van der Waals surface area contributed by atoms with Crippen molar-refractivity contribution in [3.8, 4) is 0 Å². The zero-order valence-electron chi connectivity index (χ0n) is 11.9. The molecule has 1 fully saturated rings. The van der Waals surface area contributed by atoms with Crippen molar-refractivity contribution in [3.63, 3.8) is 0 Å². The molecule has 0 radical (unpaired) electrons. The molecule has 0 aliphatic carbocycles. The highest BCUT2D eigenvalue weighted by Crippen LogP contribution is 2.25. The van der Waals surface area contributed by atoms with Gasteiger partial charge in [-0.1, -0.05) is 20.8 Å². The number of nitrogens with two attached hydrogens (primary N) is 1. The number of hydrogen-bond acceptors (Lipinski definition) is 3. The van der Waals surface area contributed by atoms with E-state index in [9.17, 15) is 9.90 Å². The minimum atomic E-state index is 0.00924. The summed E-state index contributed by atoms with van der Waals surface area (Å²) < 4.78 is 0. The van der Waals surface area contributed by atoms with Gasteiger partial charge in [0.2, 0.25) is 5.91 Å². The number of rotatable bonds is 6. The summed E-state index contributed by atoms with van der Waals surface area (Å²) in [4.78, 5) is 14.1. The number of aliphatic hydroxyl groups is 1. The van der Waals surface area contributed by atoms with E-state index in [0.717, 1.165) is 19.4 Å². The molecule has 0 bridgehead atoms. The second-order valence-electron chi connectivity index (χ2n) is 6.04. The average molecular weight is 256 g/mol. The summed E-state index contributed by atoms with van der Waals surface area (Å²) in [6.45, 7) is 7.83. The zero-order chi connectivity index (χ0) is 13.7. The second-order valence-corrected chi connectivity index (χ2v) is 6.04. The molecule has 3 N–H and O–H groups in total. The molecule has 4 heteroatoms. The van der Waals surface area contributed by atoms with Crippen molar-refractivity contribution >= 4 is 5.91 Å². The van der Waals surface area contributed by atoms with Crippen LogP contribution in [0.4, 0.5) is 0 Å². The molecule has 0 spiro atoms. The Balaban J connectivity index is 2.53. The van der Waals surface area contributed by atoms with Crippen LogP contribution < -0.4 is 5.73 Å². The van der Waals surface area contributed by atoms with Crippen LogP contribution in [0.25, 0.3) is 0 Å². The van der Waals surface area contributed by atoms with Gasteiger partial charge in [-0.15, -0.1) is 0 Å². The standard InChI is InChI=1S/C14H28N2O2/c1-10(2)6-12(8-15)7-14(18)16-5-4-11(3)13(16)9-17/h10-13,17H,4-9,15H2,1-3H3. The quantitative estimate of drug-likeness (QED) is 0.751. The summed E-state index contributed by atoms with van der Waals surface area (Å²) >= 11 is 0. The Kier molecular flexibility index (Phi) is 6.09. The SMILES string of the molecule is CC(C)CC(CN)CC(=O)N1CCC(C)C1CO. The lowest BCUT2D eigenvalue weighted by Gasteiger charge is -2.27. The van der Waals surface area contributed by atoms with Crippen molar-refractivity contribution in [2.24, 2.45) is 23.5 Å². The molecule has 4 nitrogen and oxygen atoms in total. The van der Waals surface area contributed by atoms with Crippen LogP contribution in [-0.4, -0.2) is 41.7 Å². The van der Waals surface area contributed by atoms with E-state index < -0.39 is 0 Å². The fraction of sp³-hybridized carbons (Fsp3) is 0.929. The summed E-state index contributed by atoms with van der Waals surface area (Å²) in [5, 5.41) is 9.37. The lowest BCUT2D eigenvalue weighted by Crippen LogP contribution is -2.41. The Bertz CT molecular complexity index is 269. The molecule has 0 aromatic heterocycles. The van der Waals surface area contributed by atoms with Crippen LogP contribution in [0.1, 0.15) is 40.0 Å². The first-order chi connectivity index (χ1) is 8.49. The lowest BCUT2D eigenvalue weighted by molar-refractivity contribution is -0.134. The normalized spacial score (nSPS) is 25.8. The number of nitrogens with zero attached hydrogens (tertiary/aromatic N) is 1. The molecule has 1 aliphatic rings. The summed E-state index contributed by atoms with van der Waals surface area (Å²) in [7, 11) is 0. The van der Waals surface area contributed by atoms with Gasteiger partial charge >= 0.3 is 0 Å². The van der Waals surface area contributed by atoms with Crippen molar-refractivity contribution in [2.45, 2.75) is 46.1 Å². The number of aliphatic hydroxyl groups excluding tert-OH is 1. The van der Waals surface area contributed by atoms with Gasteiger partial charge in [0, 0.05) is 13.0 Å². The van der Waals surface area contributed by atoms with E-state index in [2.05, 4.69) is 20.8 Å². The third kappa shape index (κ3) is 3.95. The highest BCUT2D eigenvalue weighted by atomic mass is 16.3. The van der Waals surface area contributed by atoms with E-state index in [4.69, 9.17) is 5.73 Å². The summed E-state index contributed by atoms with van der Waals surface area (Å²) in [6.07, 6.45) is 2.52. The minimum Gasteiger partial charge on any atom is -0.394 e. The number of carbonyl (C=O) groups excluding carboxylic acids is 1. The van der Waals surface area contributed by atoms with E-state index in [-0.39, 0.29) is 24.5 Å². The molecule has 1 heterocycles. The summed E-state index contributed by atoms with van der Waals surface area (Å²) in [5.41, 5.74) is 5.74. The fourth-order valence-electron chi connectivity index (χ4n) is 2.89. The first-order valence-corrected chi connectivity index (χ1v) is 7.10. The highest BCUT2D eigenvalue weighted by Gasteiger charge is 2.34. The Labute approximate surface area is 111 Å². The van der Waals surface area contributed by atoms with Crippen LogP contribution in [0, 0.1) is 17.8 Å². The van der Waals surface area contributed by atoms with Gasteiger partial charge in [-0.2, -0.15) is 0 Å². The Morgan fingerprint density at radius 2 is 2.17 bits per heavy atom. The van der Waals surface area contributed by atoms with Crippen LogP contribution in [0.2, 0.25) is 0 Å². The van der Waals surface area contributed by atoms with Gasteiger partial charge in [0.25, 0.3) is 0 Å². The molecular formula is C14H28N2O2. The third-order valence-electron chi connectivity index (χ3n) is 3.99. The summed E-state index contributed by atoms with van der Waals surface area (Å²) in [6, 6.07) is 0.00924. The minimum absolute atomic E-state index is 0.00924. The van der Waals surface area contributed by atoms with Crippen LogP contribution in [0.5, 0.6) is 0 Å². The molecule has 0 saturated carbocycles. The van der Waals surface area contributed by atoms with Crippen molar-refractivity contribution in [1.29, 1.82) is 0 Å². The maximum atomic E-state index is 12.3. The molecule has 1 aliphatic heterocycles. The predicted octanol–water partition coefficient (Wildman–Crippen LogP) is 1.23. The van der Waals surface area contributed by atoms with Crippen molar-refractivity contribution in [3.05, 3.63) is 0 Å². The predicted molar refractivity (Wildman–Crippen MR) is 73.0 cm³/mol.